The Balaban J connectivity index is 1.25. The van der Waals surface area contributed by atoms with E-state index in [1.807, 2.05) is 32.0 Å². The SMILES string of the molecule is Cc1cccc(C)c1N(C(=O)Oc1ccnc(Nc2ccc(OCCCN3CCCCC3)c(F)c2)n1)c1ccccc1Cl. The predicted octanol–water partition coefficient (Wildman–Crippen LogP) is 8.22. The van der Waals surface area contributed by atoms with Gasteiger partial charge in [-0.2, -0.15) is 4.98 Å². The lowest BCUT2D eigenvalue weighted by Crippen LogP contribution is -2.31. The first-order valence-corrected chi connectivity index (χ1v) is 14.8. The van der Waals surface area contributed by atoms with Gasteiger partial charge in [-0.1, -0.05) is 48.4 Å². The molecule has 1 amide bonds. The third-order valence-corrected chi connectivity index (χ3v) is 7.59. The van der Waals surface area contributed by atoms with Crippen LogP contribution in [0.25, 0.3) is 0 Å². The molecule has 1 aliphatic rings. The van der Waals surface area contributed by atoms with Crippen molar-refractivity contribution >= 4 is 40.7 Å². The first-order chi connectivity index (χ1) is 20.9. The van der Waals surface area contributed by atoms with Crippen LogP contribution in [0.1, 0.15) is 36.8 Å². The zero-order chi connectivity index (χ0) is 30.2. The summed E-state index contributed by atoms with van der Waals surface area (Å²) in [5, 5.41) is 3.36. The monoisotopic (exact) mass is 603 g/mol. The largest absolute Gasteiger partial charge is 0.490 e. The summed E-state index contributed by atoms with van der Waals surface area (Å²) in [6.07, 6.45) is 5.39. The molecule has 1 N–H and O–H groups in total. The van der Waals surface area contributed by atoms with Crippen LogP contribution in [0, 0.1) is 19.7 Å². The summed E-state index contributed by atoms with van der Waals surface area (Å²) in [7, 11) is 0. The number of hydrogen-bond donors (Lipinski definition) is 1. The molecular weight excluding hydrogens is 569 g/mol. The lowest BCUT2D eigenvalue weighted by atomic mass is 10.1. The van der Waals surface area contributed by atoms with Crippen LogP contribution in [0.3, 0.4) is 0 Å². The van der Waals surface area contributed by atoms with Gasteiger partial charge in [0.1, 0.15) is 0 Å². The number of halogens is 2. The maximum Gasteiger partial charge on any atom is 0.425 e. The van der Waals surface area contributed by atoms with Gasteiger partial charge in [-0.3, -0.25) is 0 Å². The van der Waals surface area contributed by atoms with Crippen molar-refractivity contribution in [3.8, 4) is 11.6 Å². The van der Waals surface area contributed by atoms with Crippen molar-refractivity contribution < 1.29 is 18.7 Å². The third kappa shape index (κ3) is 7.80. The Bertz CT molecular complexity index is 1540. The number of ether oxygens (including phenoxy) is 2. The van der Waals surface area contributed by atoms with E-state index in [0.717, 1.165) is 37.2 Å². The molecule has 0 atom stereocenters. The van der Waals surface area contributed by atoms with Crippen molar-refractivity contribution in [3.63, 3.8) is 0 Å². The van der Waals surface area contributed by atoms with Crippen molar-refractivity contribution in [2.75, 3.05) is 36.5 Å². The number of piperidine rings is 1. The first-order valence-electron chi connectivity index (χ1n) is 14.5. The van der Waals surface area contributed by atoms with E-state index in [2.05, 4.69) is 20.2 Å². The molecule has 0 unspecified atom stereocenters. The predicted molar refractivity (Wildman–Crippen MR) is 168 cm³/mol. The highest BCUT2D eigenvalue weighted by Gasteiger charge is 2.26. The molecule has 0 radical (unpaired) electrons. The van der Waals surface area contributed by atoms with E-state index in [1.54, 1.807) is 36.4 Å². The topological polar surface area (TPSA) is 79.8 Å². The van der Waals surface area contributed by atoms with Gasteiger partial charge in [0.25, 0.3) is 0 Å². The number of rotatable bonds is 10. The average molecular weight is 604 g/mol. The second-order valence-electron chi connectivity index (χ2n) is 10.5. The number of nitrogens with one attached hydrogen (secondary N) is 1. The summed E-state index contributed by atoms with van der Waals surface area (Å²) in [5.74, 6) is -0.148. The maximum absolute atomic E-state index is 14.8. The van der Waals surface area contributed by atoms with E-state index in [-0.39, 0.29) is 17.6 Å². The molecule has 1 aromatic heterocycles. The fourth-order valence-corrected chi connectivity index (χ4v) is 5.39. The number of likely N-dealkylation sites (tertiary alicyclic amines) is 1. The number of benzene rings is 3. The molecule has 0 saturated carbocycles. The Hall–Kier alpha value is -4.21. The molecule has 1 fully saturated rings. The second-order valence-corrected chi connectivity index (χ2v) is 10.9. The number of carbonyl (C=O) groups is 1. The zero-order valence-electron chi connectivity index (χ0n) is 24.4. The average Bonchev–Trinajstić information content (AvgIpc) is 2.99. The summed E-state index contributed by atoms with van der Waals surface area (Å²) in [6.45, 7) is 7.49. The van der Waals surface area contributed by atoms with Crippen LogP contribution < -0.4 is 19.7 Å². The number of amides is 1. The molecule has 5 rings (SSSR count). The van der Waals surface area contributed by atoms with Crippen molar-refractivity contribution in [2.45, 2.75) is 39.5 Å². The van der Waals surface area contributed by atoms with Crippen LogP contribution in [0.4, 0.5) is 32.2 Å². The Morgan fingerprint density at radius 1 is 1.02 bits per heavy atom. The number of para-hydroxylation sites is 2. The van der Waals surface area contributed by atoms with Crippen molar-refractivity contribution in [3.05, 3.63) is 94.9 Å². The van der Waals surface area contributed by atoms with Crippen LogP contribution in [0.5, 0.6) is 11.6 Å². The van der Waals surface area contributed by atoms with E-state index < -0.39 is 11.9 Å². The minimum atomic E-state index is -0.692. The molecule has 0 spiro atoms. The van der Waals surface area contributed by atoms with Gasteiger partial charge in [0.2, 0.25) is 11.8 Å². The molecule has 3 aromatic carbocycles. The minimum Gasteiger partial charge on any atom is -0.490 e. The highest BCUT2D eigenvalue weighted by molar-refractivity contribution is 6.34. The normalized spacial score (nSPS) is 13.4. The summed E-state index contributed by atoms with van der Waals surface area (Å²) in [4.78, 5) is 26.0. The Morgan fingerprint density at radius 3 is 2.53 bits per heavy atom. The summed E-state index contributed by atoms with van der Waals surface area (Å²) >= 11 is 6.50. The minimum absolute atomic E-state index is 0.0138. The van der Waals surface area contributed by atoms with Crippen LogP contribution in [0.2, 0.25) is 5.02 Å². The number of nitrogens with zero attached hydrogens (tertiary/aromatic N) is 4. The standard InChI is InChI=1S/C33H35ClFN5O3/c1-23-10-8-11-24(2)31(23)40(28-13-5-4-12-26(28)34)33(41)43-30-16-17-36-32(38-30)37-25-14-15-29(27(35)22-25)42-21-9-20-39-18-6-3-7-19-39/h4-5,8,10-17,22H,3,6-7,9,18-21H2,1-2H3,(H,36,37,38). The molecular formula is C33H35ClFN5O3. The molecule has 10 heteroatoms. The molecule has 2 heterocycles. The molecule has 8 nitrogen and oxygen atoms in total. The molecule has 1 saturated heterocycles. The van der Waals surface area contributed by atoms with Crippen LogP contribution in [0.15, 0.2) is 72.9 Å². The van der Waals surface area contributed by atoms with Crippen LogP contribution in [-0.4, -0.2) is 47.2 Å². The smallest absolute Gasteiger partial charge is 0.425 e. The van der Waals surface area contributed by atoms with Crippen molar-refractivity contribution in [1.29, 1.82) is 0 Å². The molecule has 0 bridgehead atoms. The van der Waals surface area contributed by atoms with Crippen LogP contribution in [-0.2, 0) is 0 Å². The van der Waals surface area contributed by atoms with Gasteiger partial charge in [0, 0.05) is 30.6 Å². The van der Waals surface area contributed by atoms with Gasteiger partial charge in [-0.25, -0.2) is 19.1 Å². The summed E-state index contributed by atoms with van der Waals surface area (Å²) in [5.41, 5.74) is 3.31. The van der Waals surface area contributed by atoms with E-state index in [9.17, 15) is 9.18 Å². The fourth-order valence-electron chi connectivity index (χ4n) is 5.17. The number of hydrogen-bond acceptors (Lipinski definition) is 7. The zero-order valence-corrected chi connectivity index (χ0v) is 25.1. The van der Waals surface area contributed by atoms with E-state index in [1.165, 1.54) is 42.5 Å². The van der Waals surface area contributed by atoms with Gasteiger partial charge < -0.3 is 19.7 Å². The van der Waals surface area contributed by atoms with E-state index in [0.29, 0.717) is 28.7 Å². The summed E-state index contributed by atoms with van der Waals surface area (Å²) < 4.78 is 26.2. The number of aryl methyl sites for hydroxylation is 2. The van der Waals surface area contributed by atoms with Crippen molar-refractivity contribution in [2.24, 2.45) is 0 Å². The van der Waals surface area contributed by atoms with E-state index >= 15 is 0 Å². The molecule has 224 valence electrons. The lowest BCUT2D eigenvalue weighted by Gasteiger charge is -2.26. The Kier molecular flexibility index (Phi) is 10.1. The summed E-state index contributed by atoms with van der Waals surface area (Å²) in [6, 6.07) is 18.9. The van der Waals surface area contributed by atoms with Gasteiger partial charge >= 0.3 is 6.09 Å². The van der Waals surface area contributed by atoms with Crippen molar-refractivity contribution in [1.82, 2.24) is 14.9 Å². The molecule has 0 aliphatic carbocycles. The first kappa shape index (κ1) is 30.3. The highest BCUT2D eigenvalue weighted by atomic mass is 35.5. The molecule has 43 heavy (non-hydrogen) atoms. The van der Waals surface area contributed by atoms with Gasteiger partial charge in [0.15, 0.2) is 11.6 Å². The second kappa shape index (κ2) is 14.3. The fraction of sp³-hybridized carbons (Fsp3) is 0.303. The lowest BCUT2D eigenvalue weighted by molar-refractivity contribution is 0.203. The highest BCUT2D eigenvalue weighted by Crippen LogP contribution is 2.36. The molecule has 4 aromatic rings. The van der Waals surface area contributed by atoms with Gasteiger partial charge in [-0.05, 0) is 81.6 Å². The van der Waals surface area contributed by atoms with Crippen LogP contribution >= 0.6 is 11.6 Å². The maximum atomic E-state index is 14.8. The quantitative estimate of drug-likeness (QED) is 0.183. The van der Waals surface area contributed by atoms with E-state index in [4.69, 9.17) is 21.1 Å². The molecule has 1 aliphatic heterocycles. The number of anilines is 4. The van der Waals surface area contributed by atoms with Gasteiger partial charge in [-0.15, -0.1) is 0 Å². The number of carbonyl (C=O) groups excluding carboxylic acids is 1. The van der Waals surface area contributed by atoms with Gasteiger partial charge in [0.05, 0.1) is 23.0 Å². The third-order valence-electron chi connectivity index (χ3n) is 7.27. The number of aromatic nitrogens is 2. The Morgan fingerprint density at radius 2 is 1.79 bits per heavy atom. The Labute approximate surface area is 256 Å².